The summed E-state index contributed by atoms with van der Waals surface area (Å²) in [6.07, 6.45) is 2.74. The van der Waals surface area contributed by atoms with Crippen molar-refractivity contribution in [1.82, 2.24) is 0 Å². The van der Waals surface area contributed by atoms with E-state index >= 15 is 0 Å². The van der Waals surface area contributed by atoms with Crippen LogP contribution in [0.15, 0.2) is 0 Å². The van der Waals surface area contributed by atoms with Crippen LogP contribution in [0.2, 0.25) is 0 Å². The Morgan fingerprint density at radius 3 is 2.46 bits per heavy atom. The number of rotatable bonds is 2. The maximum absolute atomic E-state index is 10.8. The largest absolute Gasteiger partial charge is 0.481 e. The summed E-state index contributed by atoms with van der Waals surface area (Å²) in [5.74, 6) is -1.75. The molecule has 4 heteroatoms. The van der Waals surface area contributed by atoms with Gasteiger partial charge in [0.1, 0.15) is 6.10 Å². The van der Waals surface area contributed by atoms with Crippen LogP contribution in [0.25, 0.3) is 0 Å². The minimum atomic E-state index is -0.856. The molecule has 0 aromatic carbocycles. The first kappa shape index (κ1) is 10.0. The molecule has 0 heterocycles. The van der Waals surface area contributed by atoms with Crippen molar-refractivity contribution in [3.63, 3.8) is 0 Å². The molecule has 0 aromatic heterocycles. The standard InChI is InChI=1S/C9H14O4/c1-6(10)13-8-5-3-2-4-7(8)9(11)12/h7-8H,2-5H2,1H3,(H,11,12)/t7-,8-/m0/s1. The summed E-state index contributed by atoms with van der Waals surface area (Å²) >= 11 is 0. The lowest BCUT2D eigenvalue weighted by Crippen LogP contribution is -2.34. The van der Waals surface area contributed by atoms with Gasteiger partial charge in [0.25, 0.3) is 0 Å². The quantitative estimate of drug-likeness (QED) is 0.658. The number of hydrogen-bond acceptors (Lipinski definition) is 3. The van der Waals surface area contributed by atoms with E-state index in [9.17, 15) is 9.59 Å². The van der Waals surface area contributed by atoms with E-state index in [2.05, 4.69) is 0 Å². The summed E-state index contributed by atoms with van der Waals surface area (Å²) < 4.78 is 4.95. The molecule has 1 fully saturated rings. The zero-order chi connectivity index (χ0) is 9.84. The summed E-state index contributed by atoms with van der Waals surface area (Å²) in [6.45, 7) is 1.31. The lowest BCUT2D eigenvalue weighted by atomic mass is 9.86. The molecule has 0 aromatic rings. The van der Waals surface area contributed by atoms with Gasteiger partial charge in [-0.15, -0.1) is 0 Å². The van der Waals surface area contributed by atoms with E-state index in [1.807, 2.05) is 0 Å². The average Bonchev–Trinajstić information content (AvgIpc) is 2.03. The molecule has 4 nitrogen and oxygen atoms in total. The number of carboxylic acids is 1. The number of carboxylic acid groups (broad SMARTS) is 1. The maximum atomic E-state index is 10.8. The fraction of sp³-hybridized carbons (Fsp3) is 0.778. The fourth-order valence-electron chi connectivity index (χ4n) is 1.73. The van der Waals surface area contributed by atoms with Crippen molar-refractivity contribution in [2.45, 2.75) is 38.7 Å². The van der Waals surface area contributed by atoms with Crippen LogP contribution >= 0.6 is 0 Å². The summed E-state index contributed by atoms with van der Waals surface area (Å²) in [4.78, 5) is 21.4. The molecule has 13 heavy (non-hydrogen) atoms. The zero-order valence-corrected chi connectivity index (χ0v) is 7.66. The van der Waals surface area contributed by atoms with Gasteiger partial charge in [-0.2, -0.15) is 0 Å². The van der Waals surface area contributed by atoms with E-state index in [-0.39, 0.29) is 0 Å². The summed E-state index contributed by atoms with van der Waals surface area (Å²) in [7, 11) is 0. The molecule has 0 radical (unpaired) electrons. The molecule has 0 spiro atoms. The van der Waals surface area contributed by atoms with Crippen LogP contribution in [0.4, 0.5) is 0 Å². The number of ether oxygens (including phenoxy) is 1. The van der Waals surface area contributed by atoms with E-state index in [0.29, 0.717) is 12.8 Å². The Labute approximate surface area is 76.9 Å². The molecule has 0 aliphatic heterocycles. The van der Waals surface area contributed by atoms with E-state index in [4.69, 9.17) is 9.84 Å². The van der Waals surface area contributed by atoms with Crippen molar-refractivity contribution >= 4 is 11.9 Å². The Morgan fingerprint density at radius 2 is 1.92 bits per heavy atom. The zero-order valence-electron chi connectivity index (χ0n) is 7.66. The second kappa shape index (κ2) is 4.25. The van der Waals surface area contributed by atoms with E-state index in [1.165, 1.54) is 6.92 Å². The second-order valence-electron chi connectivity index (χ2n) is 3.38. The topological polar surface area (TPSA) is 63.6 Å². The molecule has 0 unspecified atom stereocenters. The van der Waals surface area contributed by atoms with Gasteiger partial charge in [-0.3, -0.25) is 9.59 Å². The molecular formula is C9H14O4. The van der Waals surface area contributed by atoms with Gasteiger partial charge >= 0.3 is 11.9 Å². The first-order chi connectivity index (χ1) is 6.11. The Bertz CT molecular complexity index is 212. The highest BCUT2D eigenvalue weighted by Crippen LogP contribution is 2.27. The first-order valence-electron chi connectivity index (χ1n) is 4.51. The lowest BCUT2D eigenvalue weighted by molar-refractivity contribution is -0.159. The predicted molar refractivity (Wildman–Crippen MR) is 45.1 cm³/mol. The van der Waals surface area contributed by atoms with Gasteiger partial charge < -0.3 is 9.84 Å². The number of carbonyl (C=O) groups excluding carboxylic acids is 1. The number of hydrogen-bond donors (Lipinski definition) is 1. The molecule has 2 atom stereocenters. The molecule has 1 aliphatic rings. The minimum absolute atomic E-state index is 0.391. The van der Waals surface area contributed by atoms with Gasteiger partial charge in [-0.25, -0.2) is 0 Å². The van der Waals surface area contributed by atoms with Gasteiger partial charge in [0, 0.05) is 6.92 Å². The third-order valence-electron chi connectivity index (χ3n) is 2.34. The smallest absolute Gasteiger partial charge is 0.310 e. The van der Waals surface area contributed by atoms with Gasteiger partial charge in [-0.05, 0) is 19.3 Å². The van der Waals surface area contributed by atoms with Crippen LogP contribution in [0.1, 0.15) is 32.6 Å². The van der Waals surface area contributed by atoms with Gasteiger partial charge in [-0.1, -0.05) is 6.42 Å². The summed E-state index contributed by atoms with van der Waals surface area (Å²) in [5, 5.41) is 8.83. The molecule has 0 bridgehead atoms. The third-order valence-corrected chi connectivity index (χ3v) is 2.34. The highest BCUT2D eigenvalue weighted by molar-refractivity contribution is 5.72. The third kappa shape index (κ3) is 2.72. The minimum Gasteiger partial charge on any atom is -0.481 e. The van der Waals surface area contributed by atoms with E-state index in [0.717, 1.165) is 12.8 Å². The Hall–Kier alpha value is -1.06. The molecular weight excluding hydrogens is 172 g/mol. The van der Waals surface area contributed by atoms with Gasteiger partial charge in [0.15, 0.2) is 0 Å². The number of aliphatic carboxylic acids is 1. The van der Waals surface area contributed by atoms with Crippen molar-refractivity contribution in [2.24, 2.45) is 5.92 Å². The molecule has 1 rings (SSSR count). The van der Waals surface area contributed by atoms with Gasteiger partial charge in [0.2, 0.25) is 0 Å². The molecule has 0 saturated heterocycles. The van der Waals surface area contributed by atoms with E-state index < -0.39 is 24.0 Å². The van der Waals surface area contributed by atoms with Crippen LogP contribution < -0.4 is 0 Å². The SMILES string of the molecule is CC(=O)O[C@H]1CCCC[C@@H]1C(=O)O. The Balaban J connectivity index is 2.56. The summed E-state index contributed by atoms with van der Waals surface area (Å²) in [6, 6.07) is 0. The molecule has 1 saturated carbocycles. The van der Waals surface area contributed by atoms with Crippen LogP contribution in [-0.4, -0.2) is 23.1 Å². The van der Waals surface area contributed by atoms with Crippen LogP contribution in [-0.2, 0) is 14.3 Å². The Morgan fingerprint density at radius 1 is 1.31 bits per heavy atom. The first-order valence-corrected chi connectivity index (χ1v) is 4.51. The number of carbonyl (C=O) groups is 2. The second-order valence-corrected chi connectivity index (χ2v) is 3.38. The van der Waals surface area contributed by atoms with Crippen molar-refractivity contribution in [3.05, 3.63) is 0 Å². The van der Waals surface area contributed by atoms with Crippen molar-refractivity contribution < 1.29 is 19.4 Å². The van der Waals surface area contributed by atoms with Crippen LogP contribution in [0.3, 0.4) is 0 Å². The Kier molecular flexibility index (Phi) is 3.28. The van der Waals surface area contributed by atoms with Crippen molar-refractivity contribution in [1.29, 1.82) is 0 Å². The maximum Gasteiger partial charge on any atom is 0.310 e. The van der Waals surface area contributed by atoms with Crippen LogP contribution in [0, 0.1) is 5.92 Å². The average molecular weight is 186 g/mol. The molecule has 74 valence electrons. The van der Waals surface area contributed by atoms with Crippen LogP contribution in [0.5, 0.6) is 0 Å². The monoisotopic (exact) mass is 186 g/mol. The summed E-state index contributed by atoms with van der Waals surface area (Å²) in [5.41, 5.74) is 0. The number of esters is 1. The molecule has 0 amide bonds. The van der Waals surface area contributed by atoms with Crippen molar-refractivity contribution in [3.8, 4) is 0 Å². The molecule has 1 aliphatic carbocycles. The van der Waals surface area contributed by atoms with Gasteiger partial charge in [0.05, 0.1) is 5.92 Å². The normalized spacial score (nSPS) is 28.1. The molecule has 1 N–H and O–H groups in total. The fourth-order valence-corrected chi connectivity index (χ4v) is 1.73. The predicted octanol–water partition coefficient (Wildman–Crippen LogP) is 1.19. The highest BCUT2D eigenvalue weighted by Gasteiger charge is 2.32. The van der Waals surface area contributed by atoms with Crippen molar-refractivity contribution in [2.75, 3.05) is 0 Å². The van der Waals surface area contributed by atoms with E-state index in [1.54, 1.807) is 0 Å². The lowest BCUT2D eigenvalue weighted by Gasteiger charge is -2.27. The highest BCUT2D eigenvalue weighted by atomic mass is 16.5.